The van der Waals surface area contributed by atoms with Crippen molar-refractivity contribution in [2.24, 2.45) is 11.0 Å². The zero-order valence-electron chi connectivity index (χ0n) is 7.56. The number of hydrogen-bond acceptors (Lipinski definition) is 4. The van der Waals surface area contributed by atoms with Gasteiger partial charge in [0.2, 0.25) is 10.0 Å². The minimum absolute atomic E-state index is 0.239. The van der Waals surface area contributed by atoms with Crippen LogP contribution < -0.4 is 4.83 Å². The number of nitrogens with one attached hydrogen (secondary N) is 1. The molecule has 1 aliphatic heterocycles. The van der Waals surface area contributed by atoms with Gasteiger partial charge in [0, 0.05) is 18.7 Å². The predicted molar refractivity (Wildman–Crippen MR) is 50.0 cm³/mol. The van der Waals surface area contributed by atoms with E-state index < -0.39 is 10.0 Å². The maximum absolute atomic E-state index is 10.6. The summed E-state index contributed by atoms with van der Waals surface area (Å²) in [6.07, 6.45) is 4.69. The fourth-order valence-electron chi connectivity index (χ4n) is 1.11. The second kappa shape index (κ2) is 4.57. The maximum atomic E-state index is 10.6. The van der Waals surface area contributed by atoms with Crippen LogP contribution in [0.4, 0.5) is 0 Å². The van der Waals surface area contributed by atoms with Gasteiger partial charge in [-0.25, -0.2) is 13.2 Å². The molecule has 0 aliphatic carbocycles. The standard InChI is InChI=1S/C7H14N2O3S/c1-13(10,11)9-8-5-7-3-2-4-12-6-7/h5,7,9H,2-4,6H2,1H3/b8-5+. The van der Waals surface area contributed by atoms with Crippen molar-refractivity contribution in [3.05, 3.63) is 0 Å². The van der Waals surface area contributed by atoms with Gasteiger partial charge in [-0.15, -0.1) is 0 Å². The summed E-state index contributed by atoms with van der Waals surface area (Å²) in [4.78, 5) is 2.06. The van der Waals surface area contributed by atoms with Crippen LogP contribution in [0.5, 0.6) is 0 Å². The third-order valence-electron chi connectivity index (χ3n) is 1.70. The lowest BCUT2D eigenvalue weighted by Gasteiger charge is -2.17. The van der Waals surface area contributed by atoms with E-state index in [1.54, 1.807) is 6.21 Å². The molecular weight excluding hydrogens is 192 g/mol. The molecular formula is C7H14N2O3S. The van der Waals surface area contributed by atoms with Crippen molar-refractivity contribution in [2.75, 3.05) is 19.5 Å². The lowest BCUT2D eigenvalue weighted by Crippen LogP contribution is -2.21. The molecule has 0 radical (unpaired) electrons. The third-order valence-corrected chi connectivity index (χ3v) is 2.14. The number of rotatable bonds is 3. The quantitative estimate of drug-likeness (QED) is 0.520. The topological polar surface area (TPSA) is 67.8 Å². The van der Waals surface area contributed by atoms with Crippen LogP contribution in [-0.4, -0.2) is 34.1 Å². The van der Waals surface area contributed by atoms with Gasteiger partial charge in [-0.2, -0.15) is 5.10 Å². The molecule has 1 N–H and O–H groups in total. The van der Waals surface area contributed by atoms with Crippen LogP contribution in [-0.2, 0) is 14.8 Å². The van der Waals surface area contributed by atoms with Gasteiger partial charge in [0.05, 0.1) is 12.9 Å². The van der Waals surface area contributed by atoms with E-state index in [0.717, 1.165) is 25.7 Å². The van der Waals surface area contributed by atoms with Gasteiger partial charge in [-0.3, -0.25) is 0 Å². The molecule has 0 amide bonds. The molecule has 0 aromatic carbocycles. The second-order valence-corrected chi connectivity index (χ2v) is 4.85. The molecule has 1 unspecified atom stereocenters. The zero-order chi connectivity index (χ0) is 9.73. The van der Waals surface area contributed by atoms with Crippen LogP contribution in [0.3, 0.4) is 0 Å². The summed E-state index contributed by atoms with van der Waals surface area (Å²) in [6, 6.07) is 0. The molecule has 1 rings (SSSR count). The normalized spacial score (nSPS) is 24.8. The summed E-state index contributed by atoms with van der Waals surface area (Å²) in [5.74, 6) is 0.239. The molecule has 0 aromatic heterocycles. The Bertz CT molecular complexity index is 267. The molecule has 13 heavy (non-hydrogen) atoms. The molecule has 6 heteroatoms. The van der Waals surface area contributed by atoms with Gasteiger partial charge in [0.25, 0.3) is 0 Å². The number of ether oxygens (including phenoxy) is 1. The average Bonchev–Trinajstić information content (AvgIpc) is 2.04. The van der Waals surface area contributed by atoms with Crippen LogP contribution >= 0.6 is 0 Å². The molecule has 76 valence electrons. The maximum Gasteiger partial charge on any atom is 0.244 e. The van der Waals surface area contributed by atoms with Gasteiger partial charge in [0.1, 0.15) is 0 Å². The number of hydrazone groups is 1. The summed E-state index contributed by atoms with van der Waals surface area (Å²) in [5.41, 5.74) is 0. The monoisotopic (exact) mass is 206 g/mol. The second-order valence-electron chi connectivity index (χ2n) is 3.12. The Balaban J connectivity index is 2.30. The van der Waals surface area contributed by atoms with E-state index in [1.165, 1.54) is 0 Å². The lowest BCUT2D eigenvalue weighted by atomic mass is 10.0. The predicted octanol–water partition coefficient (Wildman–Crippen LogP) is -0.0520. The molecule has 0 aromatic rings. The molecule has 5 nitrogen and oxygen atoms in total. The summed E-state index contributed by atoms with van der Waals surface area (Å²) in [6.45, 7) is 1.43. The summed E-state index contributed by atoms with van der Waals surface area (Å²) >= 11 is 0. The Hall–Kier alpha value is -0.620. The van der Waals surface area contributed by atoms with Crippen molar-refractivity contribution < 1.29 is 13.2 Å². The fourth-order valence-corrected chi connectivity index (χ4v) is 1.37. The van der Waals surface area contributed by atoms with E-state index in [9.17, 15) is 8.42 Å². The van der Waals surface area contributed by atoms with Crippen molar-refractivity contribution in [1.82, 2.24) is 4.83 Å². The van der Waals surface area contributed by atoms with E-state index in [0.29, 0.717) is 6.61 Å². The van der Waals surface area contributed by atoms with Crippen molar-refractivity contribution in [3.8, 4) is 0 Å². The van der Waals surface area contributed by atoms with E-state index >= 15 is 0 Å². The van der Waals surface area contributed by atoms with Crippen LogP contribution in [0.1, 0.15) is 12.8 Å². The SMILES string of the molecule is CS(=O)(=O)N/N=C/C1CCCOC1. The van der Waals surface area contributed by atoms with E-state index in [4.69, 9.17) is 4.74 Å². The van der Waals surface area contributed by atoms with Gasteiger partial charge in [0.15, 0.2) is 0 Å². The van der Waals surface area contributed by atoms with Crippen LogP contribution in [0.25, 0.3) is 0 Å². The third kappa shape index (κ3) is 4.84. The number of nitrogens with zero attached hydrogens (tertiary/aromatic N) is 1. The Morgan fingerprint density at radius 2 is 2.38 bits per heavy atom. The fraction of sp³-hybridized carbons (Fsp3) is 0.857. The Kier molecular flexibility index (Phi) is 3.68. The molecule has 1 fully saturated rings. The van der Waals surface area contributed by atoms with Gasteiger partial charge in [-0.1, -0.05) is 0 Å². The Labute approximate surface area is 78.2 Å². The average molecular weight is 206 g/mol. The Morgan fingerprint density at radius 3 is 2.92 bits per heavy atom. The van der Waals surface area contributed by atoms with E-state index in [-0.39, 0.29) is 5.92 Å². The molecule has 0 saturated carbocycles. The summed E-state index contributed by atoms with van der Waals surface area (Å²) in [7, 11) is -3.21. The minimum atomic E-state index is -3.21. The van der Waals surface area contributed by atoms with Crippen molar-refractivity contribution in [1.29, 1.82) is 0 Å². The molecule has 1 heterocycles. The van der Waals surface area contributed by atoms with Crippen LogP contribution in [0.15, 0.2) is 5.10 Å². The first kappa shape index (κ1) is 10.5. The smallest absolute Gasteiger partial charge is 0.244 e. The highest BCUT2D eigenvalue weighted by atomic mass is 32.2. The minimum Gasteiger partial charge on any atom is -0.381 e. The van der Waals surface area contributed by atoms with Crippen molar-refractivity contribution in [2.45, 2.75) is 12.8 Å². The molecule has 1 saturated heterocycles. The van der Waals surface area contributed by atoms with Gasteiger partial charge in [-0.05, 0) is 12.8 Å². The van der Waals surface area contributed by atoms with E-state index in [1.807, 2.05) is 0 Å². The molecule has 1 atom stereocenters. The number of hydrogen-bond donors (Lipinski definition) is 1. The largest absolute Gasteiger partial charge is 0.381 e. The molecule has 0 bridgehead atoms. The summed E-state index contributed by atoms with van der Waals surface area (Å²) in [5, 5.41) is 3.62. The first-order valence-electron chi connectivity index (χ1n) is 4.15. The molecule has 1 aliphatic rings. The number of sulfonamides is 1. The highest BCUT2D eigenvalue weighted by molar-refractivity contribution is 7.88. The first-order valence-corrected chi connectivity index (χ1v) is 6.05. The first-order chi connectivity index (χ1) is 6.08. The highest BCUT2D eigenvalue weighted by Crippen LogP contribution is 2.10. The molecule has 0 spiro atoms. The Morgan fingerprint density at radius 1 is 1.62 bits per heavy atom. The van der Waals surface area contributed by atoms with Crippen LogP contribution in [0.2, 0.25) is 0 Å². The van der Waals surface area contributed by atoms with Gasteiger partial charge >= 0.3 is 0 Å². The summed E-state index contributed by atoms with van der Waals surface area (Å²) < 4.78 is 26.4. The van der Waals surface area contributed by atoms with E-state index in [2.05, 4.69) is 9.93 Å². The van der Waals surface area contributed by atoms with Crippen molar-refractivity contribution >= 4 is 16.2 Å². The van der Waals surface area contributed by atoms with Crippen LogP contribution in [0, 0.1) is 5.92 Å². The van der Waals surface area contributed by atoms with Crippen molar-refractivity contribution in [3.63, 3.8) is 0 Å². The zero-order valence-corrected chi connectivity index (χ0v) is 8.38. The highest BCUT2D eigenvalue weighted by Gasteiger charge is 2.11. The lowest BCUT2D eigenvalue weighted by molar-refractivity contribution is 0.0782. The van der Waals surface area contributed by atoms with Gasteiger partial charge < -0.3 is 4.74 Å².